The lowest BCUT2D eigenvalue weighted by molar-refractivity contribution is 0.0521. The summed E-state index contributed by atoms with van der Waals surface area (Å²) in [5, 5.41) is 6.08. The maximum absolute atomic E-state index is 11.9. The third-order valence-electron chi connectivity index (χ3n) is 3.80. The minimum Gasteiger partial charge on any atom is -0.445 e. The summed E-state index contributed by atoms with van der Waals surface area (Å²) >= 11 is 0. The van der Waals surface area contributed by atoms with Crippen LogP contribution < -0.4 is 10.6 Å². The zero-order valence-corrected chi connectivity index (χ0v) is 15.8. The summed E-state index contributed by atoms with van der Waals surface area (Å²) in [6.07, 6.45) is 0.126. The molecular formula is C19H29N3O4. The molecule has 1 heterocycles. The molecule has 2 N–H and O–H groups in total. The van der Waals surface area contributed by atoms with E-state index in [1.54, 1.807) is 4.90 Å². The highest BCUT2D eigenvalue weighted by molar-refractivity contribution is 5.69. The van der Waals surface area contributed by atoms with Gasteiger partial charge in [-0.1, -0.05) is 30.3 Å². The Balaban J connectivity index is 1.49. The van der Waals surface area contributed by atoms with Gasteiger partial charge in [0, 0.05) is 25.7 Å². The van der Waals surface area contributed by atoms with E-state index in [4.69, 9.17) is 9.47 Å². The highest BCUT2D eigenvalue weighted by Crippen LogP contribution is 2.11. The molecule has 1 aromatic rings. The number of ether oxygens (including phenoxy) is 2. The van der Waals surface area contributed by atoms with Gasteiger partial charge in [0.2, 0.25) is 0 Å². The van der Waals surface area contributed by atoms with E-state index in [2.05, 4.69) is 10.6 Å². The van der Waals surface area contributed by atoms with E-state index in [1.807, 2.05) is 51.1 Å². The van der Waals surface area contributed by atoms with E-state index < -0.39 is 11.7 Å². The number of amides is 2. The molecule has 1 saturated heterocycles. The quantitative estimate of drug-likeness (QED) is 0.728. The maximum Gasteiger partial charge on any atom is 0.410 e. The summed E-state index contributed by atoms with van der Waals surface area (Å²) < 4.78 is 10.5. The number of likely N-dealkylation sites (tertiary alicyclic amines) is 1. The van der Waals surface area contributed by atoms with Crippen molar-refractivity contribution in [1.29, 1.82) is 0 Å². The van der Waals surface area contributed by atoms with Crippen molar-refractivity contribution in [2.45, 2.75) is 45.4 Å². The molecule has 7 heteroatoms. The summed E-state index contributed by atoms with van der Waals surface area (Å²) in [5.74, 6) is 0. The number of rotatable bonds is 7. The highest BCUT2D eigenvalue weighted by atomic mass is 16.6. The van der Waals surface area contributed by atoms with Gasteiger partial charge in [0.15, 0.2) is 0 Å². The fourth-order valence-electron chi connectivity index (χ4n) is 2.47. The molecule has 7 nitrogen and oxygen atoms in total. The number of carbonyl (C=O) groups is 2. The smallest absolute Gasteiger partial charge is 0.410 e. The predicted octanol–water partition coefficient (Wildman–Crippen LogP) is 2.51. The second-order valence-electron chi connectivity index (χ2n) is 7.38. The molecule has 1 aliphatic heterocycles. The Kier molecular flexibility index (Phi) is 7.26. The van der Waals surface area contributed by atoms with Gasteiger partial charge in [-0.15, -0.1) is 0 Å². The highest BCUT2D eigenvalue weighted by Gasteiger charge is 2.31. The number of carbonyl (C=O) groups excluding carboxylic acids is 2. The van der Waals surface area contributed by atoms with Crippen LogP contribution in [0.3, 0.4) is 0 Å². The SMILES string of the molecule is CC(C)(C)OC(=O)NCCCNC1CN(C(=O)OCc2ccccc2)C1. The molecule has 0 saturated carbocycles. The Labute approximate surface area is 155 Å². The molecule has 1 fully saturated rings. The number of alkyl carbamates (subject to hydrolysis) is 1. The normalized spacial score (nSPS) is 14.5. The lowest BCUT2D eigenvalue weighted by Crippen LogP contribution is -2.60. The molecule has 144 valence electrons. The molecule has 1 aromatic carbocycles. The summed E-state index contributed by atoms with van der Waals surface area (Å²) in [6, 6.07) is 9.91. The molecule has 26 heavy (non-hydrogen) atoms. The van der Waals surface area contributed by atoms with E-state index in [0.29, 0.717) is 26.2 Å². The van der Waals surface area contributed by atoms with Crippen LogP contribution in [0.4, 0.5) is 9.59 Å². The van der Waals surface area contributed by atoms with Crippen molar-refractivity contribution in [3.8, 4) is 0 Å². The molecule has 0 atom stereocenters. The molecule has 0 bridgehead atoms. The molecule has 0 radical (unpaired) electrons. The molecule has 1 aliphatic rings. The van der Waals surface area contributed by atoms with Gasteiger partial charge in [-0.2, -0.15) is 0 Å². The van der Waals surface area contributed by atoms with Crippen molar-refractivity contribution in [1.82, 2.24) is 15.5 Å². The van der Waals surface area contributed by atoms with E-state index >= 15 is 0 Å². The van der Waals surface area contributed by atoms with Crippen molar-refractivity contribution in [2.24, 2.45) is 0 Å². The van der Waals surface area contributed by atoms with Gasteiger partial charge >= 0.3 is 12.2 Å². The topological polar surface area (TPSA) is 79.9 Å². The fourth-order valence-corrected chi connectivity index (χ4v) is 2.47. The van der Waals surface area contributed by atoms with Crippen LogP contribution >= 0.6 is 0 Å². The first kappa shape index (κ1) is 20.0. The van der Waals surface area contributed by atoms with E-state index in [0.717, 1.165) is 18.5 Å². The van der Waals surface area contributed by atoms with Crippen molar-refractivity contribution in [2.75, 3.05) is 26.2 Å². The van der Waals surface area contributed by atoms with E-state index in [1.165, 1.54) is 0 Å². The van der Waals surface area contributed by atoms with E-state index in [-0.39, 0.29) is 12.1 Å². The number of nitrogens with one attached hydrogen (secondary N) is 2. The third kappa shape index (κ3) is 7.31. The first-order valence-electron chi connectivity index (χ1n) is 8.99. The van der Waals surface area contributed by atoms with Crippen LogP contribution in [-0.4, -0.2) is 54.9 Å². The lowest BCUT2D eigenvalue weighted by atomic mass is 10.1. The minimum atomic E-state index is -0.479. The van der Waals surface area contributed by atoms with Crippen molar-refractivity contribution in [3.05, 3.63) is 35.9 Å². The Morgan fingerprint density at radius 2 is 1.85 bits per heavy atom. The number of nitrogens with zero attached hydrogens (tertiary/aromatic N) is 1. The molecule has 0 aliphatic carbocycles. The van der Waals surface area contributed by atoms with Crippen LogP contribution in [0.15, 0.2) is 30.3 Å². The van der Waals surface area contributed by atoms with Gasteiger partial charge in [0.25, 0.3) is 0 Å². The van der Waals surface area contributed by atoms with Gasteiger partial charge < -0.3 is 25.0 Å². The summed E-state index contributed by atoms with van der Waals surface area (Å²) in [7, 11) is 0. The third-order valence-corrected chi connectivity index (χ3v) is 3.80. The van der Waals surface area contributed by atoms with Gasteiger partial charge in [0.05, 0.1) is 0 Å². The minimum absolute atomic E-state index is 0.279. The molecular weight excluding hydrogens is 334 g/mol. The zero-order valence-electron chi connectivity index (χ0n) is 15.8. The van der Waals surface area contributed by atoms with Gasteiger partial charge in [0.1, 0.15) is 12.2 Å². The largest absolute Gasteiger partial charge is 0.445 e. The number of hydrogen-bond acceptors (Lipinski definition) is 5. The van der Waals surface area contributed by atoms with Crippen molar-refractivity contribution >= 4 is 12.2 Å². The summed E-state index contributed by atoms with van der Waals surface area (Å²) in [4.78, 5) is 25.1. The summed E-state index contributed by atoms with van der Waals surface area (Å²) in [6.45, 7) is 8.42. The predicted molar refractivity (Wildman–Crippen MR) is 98.8 cm³/mol. The average molecular weight is 363 g/mol. The van der Waals surface area contributed by atoms with Crippen LogP contribution in [0.1, 0.15) is 32.8 Å². The van der Waals surface area contributed by atoms with Gasteiger partial charge in [-0.3, -0.25) is 0 Å². The molecule has 2 amide bonds. The van der Waals surface area contributed by atoms with Gasteiger partial charge in [-0.25, -0.2) is 9.59 Å². The first-order valence-corrected chi connectivity index (χ1v) is 8.99. The second-order valence-corrected chi connectivity index (χ2v) is 7.38. The van der Waals surface area contributed by atoms with Crippen LogP contribution in [0.25, 0.3) is 0 Å². The zero-order chi connectivity index (χ0) is 19.0. The maximum atomic E-state index is 11.9. The van der Waals surface area contributed by atoms with Crippen LogP contribution in [0, 0.1) is 0 Å². The molecule has 0 aromatic heterocycles. The second kappa shape index (κ2) is 9.43. The molecule has 0 spiro atoms. The standard InChI is InChI=1S/C19H29N3O4/c1-19(2,3)26-17(23)21-11-7-10-20-16-12-22(13-16)18(24)25-14-15-8-5-4-6-9-15/h4-6,8-9,16,20H,7,10-14H2,1-3H3,(H,21,23). The van der Waals surface area contributed by atoms with Crippen LogP contribution in [-0.2, 0) is 16.1 Å². The van der Waals surface area contributed by atoms with E-state index in [9.17, 15) is 9.59 Å². The lowest BCUT2D eigenvalue weighted by Gasteiger charge is -2.38. The van der Waals surface area contributed by atoms with Gasteiger partial charge in [-0.05, 0) is 39.3 Å². The molecule has 2 rings (SSSR count). The van der Waals surface area contributed by atoms with Crippen molar-refractivity contribution < 1.29 is 19.1 Å². The van der Waals surface area contributed by atoms with Crippen LogP contribution in [0.5, 0.6) is 0 Å². The Morgan fingerprint density at radius 3 is 2.50 bits per heavy atom. The number of benzene rings is 1. The Hall–Kier alpha value is -2.28. The van der Waals surface area contributed by atoms with Crippen molar-refractivity contribution in [3.63, 3.8) is 0 Å². The molecule has 0 unspecified atom stereocenters. The monoisotopic (exact) mass is 363 g/mol. The summed E-state index contributed by atoms with van der Waals surface area (Å²) in [5.41, 5.74) is 0.501. The average Bonchev–Trinajstić information content (AvgIpc) is 2.53. The Bertz CT molecular complexity index is 580. The van der Waals surface area contributed by atoms with Crippen LogP contribution in [0.2, 0.25) is 0 Å². The number of hydrogen-bond donors (Lipinski definition) is 2. The Morgan fingerprint density at radius 1 is 1.15 bits per heavy atom. The fraction of sp³-hybridized carbons (Fsp3) is 0.579. The first-order chi connectivity index (χ1) is 12.3.